The molecule has 0 bridgehead atoms. The third-order valence-corrected chi connectivity index (χ3v) is 16.0. The number of hydrogen-bond donors (Lipinski definition) is 3. The number of benzene rings is 1. The third-order valence-electron chi connectivity index (χ3n) is 16.0. The molecule has 0 spiro atoms. The number of carbonyl (C=O) groups is 6. The molecule has 0 radical (unpaired) electrons. The highest BCUT2D eigenvalue weighted by Gasteiger charge is 2.61. The first-order valence-corrected chi connectivity index (χ1v) is 27.4. The molecule has 11 atom stereocenters. The molecule has 1 saturated carbocycles. The monoisotopic (exact) mass is 1010 g/mol. The Labute approximate surface area is 432 Å². The van der Waals surface area contributed by atoms with E-state index in [1.165, 1.54) is 5.06 Å². The summed E-state index contributed by atoms with van der Waals surface area (Å²) in [5.41, 5.74) is -0.0508. The van der Waals surface area contributed by atoms with Crippen molar-refractivity contribution < 1.29 is 47.8 Å². The number of Topliss-reactive ketones (excluding diaryl/α,β-unsaturated/α-hetero) is 1. The van der Waals surface area contributed by atoms with Gasteiger partial charge in [0.05, 0.1) is 49.3 Å². The predicted octanol–water partition coefficient (Wildman–Crippen LogP) is 7.71. The van der Waals surface area contributed by atoms with Crippen LogP contribution >= 0.6 is 0 Å². The number of amides is 5. The van der Waals surface area contributed by atoms with Crippen molar-refractivity contribution in [2.24, 2.45) is 41.4 Å². The summed E-state index contributed by atoms with van der Waals surface area (Å²) >= 11 is 0. The van der Waals surface area contributed by atoms with E-state index in [4.69, 9.17) is 19.0 Å². The number of methoxy groups -OCH3 is 2. The van der Waals surface area contributed by atoms with Gasteiger partial charge in [0.2, 0.25) is 17.7 Å². The highest BCUT2D eigenvalue weighted by atomic mass is 16.7. The third kappa shape index (κ3) is 17.0. The van der Waals surface area contributed by atoms with Gasteiger partial charge in [-0.25, -0.2) is 9.86 Å². The Morgan fingerprint density at radius 2 is 1.56 bits per heavy atom. The standard InChI is InChI=1S/C56H94N6O10/c1-13-39(6)44(46(69-11)34-47(63)61-31-23-26-45(61)51(70-12)42(9)52(65)59-56(35-41(56)8)54(67)62-32-21-22-33-72-62)28-27-40(7)50(64)48(37(2)3)58-53(66)49(38(4)5)60(10)30-20-15-14-19-29-57-55(68)71-36-43-24-17-16-18-25-43/h16-18,24-25,37-42,44-46,48-49,51H,13-15,19-23,26-36H2,1-12H3,(H,57,68)(H,58,66)(H,59,65). The summed E-state index contributed by atoms with van der Waals surface area (Å²) < 4.78 is 17.5. The number of ether oxygens (including phenoxy) is 3. The number of unbranched alkanes of at least 4 members (excludes halogenated alkanes) is 3. The van der Waals surface area contributed by atoms with Gasteiger partial charge >= 0.3 is 6.09 Å². The van der Waals surface area contributed by atoms with Crippen molar-refractivity contribution in [2.45, 2.75) is 188 Å². The zero-order valence-corrected chi connectivity index (χ0v) is 46.2. The lowest BCUT2D eigenvalue weighted by atomic mass is 9.79. The SMILES string of the molecule is CCC(C)C(CCC(C)C(=O)C(NC(=O)C(C(C)C)N(C)CCCCCCNC(=O)OCc1ccccc1)C(C)C)C(CC(=O)N1CCCC1C(OC)C(C)C(=O)NC1(C(=O)N2CCCCO2)CC1C)OC. The van der Waals surface area contributed by atoms with E-state index in [0.29, 0.717) is 51.9 Å². The number of nitrogens with one attached hydrogen (secondary N) is 3. The number of hydrogen-bond acceptors (Lipinski definition) is 11. The number of rotatable bonds is 31. The highest BCUT2D eigenvalue weighted by molar-refractivity contribution is 5.95. The summed E-state index contributed by atoms with van der Waals surface area (Å²) in [6.45, 7) is 21.1. The molecule has 4 rings (SSSR count). The molecule has 3 N–H and O–H groups in total. The van der Waals surface area contributed by atoms with Crippen LogP contribution in [0.4, 0.5) is 4.79 Å². The summed E-state index contributed by atoms with van der Waals surface area (Å²) in [7, 11) is 5.20. The molecule has 1 aliphatic carbocycles. The average Bonchev–Trinajstić information content (AvgIpc) is 3.75. The Morgan fingerprint density at radius 1 is 0.861 bits per heavy atom. The first-order valence-electron chi connectivity index (χ1n) is 27.4. The van der Waals surface area contributed by atoms with E-state index in [1.807, 2.05) is 90.7 Å². The smallest absolute Gasteiger partial charge is 0.407 e. The molecule has 1 aromatic carbocycles. The van der Waals surface area contributed by atoms with Gasteiger partial charge in [-0.05, 0) is 107 Å². The molecule has 16 nitrogen and oxygen atoms in total. The van der Waals surface area contributed by atoms with Gasteiger partial charge in [-0.3, -0.25) is 33.7 Å². The number of ketones is 1. The normalized spacial score (nSPS) is 22.4. The molecular formula is C56H94N6O10. The Morgan fingerprint density at radius 3 is 2.15 bits per heavy atom. The largest absolute Gasteiger partial charge is 0.445 e. The summed E-state index contributed by atoms with van der Waals surface area (Å²) in [6.07, 6.45) is 8.25. The molecular weight excluding hydrogens is 917 g/mol. The minimum atomic E-state index is -0.992. The van der Waals surface area contributed by atoms with Crippen LogP contribution in [0.2, 0.25) is 0 Å². The van der Waals surface area contributed by atoms with E-state index in [-0.39, 0.29) is 84.0 Å². The minimum Gasteiger partial charge on any atom is -0.445 e. The van der Waals surface area contributed by atoms with Crippen molar-refractivity contribution >= 4 is 35.5 Å². The van der Waals surface area contributed by atoms with Crippen LogP contribution in [0.1, 0.15) is 151 Å². The van der Waals surface area contributed by atoms with Gasteiger partial charge < -0.3 is 35.1 Å². The van der Waals surface area contributed by atoms with Crippen LogP contribution in [0.5, 0.6) is 0 Å². The van der Waals surface area contributed by atoms with E-state index >= 15 is 0 Å². The predicted molar refractivity (Wildman–Crippen MR) is 279 cm³/mol. The van der Waals surface area contributed by atoms with Crippen LogP contribution in [0.25, 0.3) is 0 Å². The van der Waals surface area contributed by atoms with Gasteiger partial charge in [-0.15, -0.1) is 0 Å². The Bertz CT molecular complexity index is 1860. The molecule has 408 valence electrons. The van der Waals surface area contributed by atoms with E-state index in [0.717, 1.165) is 63.5 Å². The molecule has 2 aliphatic heterocycles. The second-order valence-electron chi connectivity index (χ2n) is 22.0. The summed E-state index contributed by atoms with van der Waals surface area (Å²) in [6, 6.07) is 8.20. The number of alkyl carbamates (subject to hydrolysis) is 1. The zero-order chi connectivity index (χ0) is 53.1. The molecule has 11 unspecified atom stereocenters. The van der Waals surface area contributed by atoms with Crippen molar-refractivity contribution in [3.63, 3.8) is 0 Å². The van der Waals surface area contributed by atoms with Crippen LogP contribution < -0.4 is 16.0 Å². The fourth-order valence-corrected chi connectivity index (χ4v) is 11.0. The van der Waals surface area contributed by atoms with Crippen molar-refractivity contribution in [3.8, 4) is 0 Å². The summed E-state index contributed by atoms with van der Waals surface area (Å²) in [5, 5.41) is 10.5. The van der Waals surface area contributed by atoms with Gasteiger partial charge in [0.15, 0.2) is 5.78 Å². The minimum absolute atomic E-state index is 0.00365. The van der Waals surface area contributed by atoms with E-state index < -0.39 is 41.8 Å². The maximum absolute atomic E-state index is 14.4. The quantitative estimate of drug-likeness (QED) is 0.0619. The summed E-state index contributed by atoms with van der Waals surface area (Å²) in [4.78, 5) is 91.8. The van der Waals surface area contributed by atoms with Crippen molar-refractivity contribution in [2.75, 3.05) is 54.1 Å². The molecule has 0 aromatic heterocycles. The second kappa shape index (κ2) is 29.7. The van der Waals surface area contributed by atoms with E-state index in [1.54, 1.807) is 14.2 Å². The lowest BCUT2D eigenvalue weighted by molar-refractivity contribution is -0.201. The fraction of sp³-hybridized carbons (Fsp3) is 0.786. The Balaban J connectivity index is 1.28. The maximum Gasteiger partial charge on any atom is 0.407 e. The van der Waals surface area contributed by atoms with Crippen molar-refractivity contribution in [3.05, 3.63) is 35.9 Å². The summed E-state index contributed by atoms with van der Waals surface area (Å²) in [5.74, 6) is -1.56. The van der Waals surface area contributed by atoms with E-state index in [2.05, 4.69) is 34.7 Å². The Hall–Kier alpha value is -4.12. The molecule has 2 heterocycles. The van der Waals surface area contributed by atoms with Crippen LogP contribution in [0.15, 0.2) is 30.3 Å². The van der Waals surface area contributed by atoms with Gasteiger partial charge in [-0.2, -0.15) is 0 Å². The van der Waals surface area contributed by atoms with Gasteiger partial charge in [0, 0.05) is 39.8 Å². The maximum atomic E-state index is 14.4. The van der Waals surface area contributed by atoms with Crippen LogP contribution in [0.3, 0.4) is 0 Å². The molecule has 3 aliphatic rings. The first kappa shape index (κ1) is 60.4. The molecule has 16 heteroatoms. The van der Waals surface area contributed by atoms with Crippen LogP contribution in [-0.4, -0.2) is 140 Å². The van der Waals surface area contributed by atoms with Gasteiger partial charge in [0.25, 0.3) is 5.91 Å². The molecule has 2 saturated heterocycles. The molecule has 72 heavy (non-hydrogen) atoms. The number of nitrogens with zero attached hydrogens (tertiary/aromatic N) is 3. The molecule has 3 fully saturated rings. The Kier molecular flexibility index (Phi) is 24.9. The van der Waals surface area contributed by atoms with Gasteiger partial charge in [0.1, 0.15) is 12.1 Å². The number of carbonyl (C=O) groups excluding carboxylic acids is 6. The molecule has 5 amide bonds. The highest BCUT2D eigenvalue weighted by Crippen LogP contribution is 2.45. The lowest BCUT2D eigenvalue weighted by Gasteiger charge is -2.37. The van der Waals surface area contributed by atoms with Gasteiger partial charge in [-0.1, -0.05) is 112 Å². The lowest BCUT2D eigenvalue weighted by Crippen LogP contribution is -2.56. The topological polar surface area (TPSA) is 185 Å². The average molecular weight is 1010 g/mol. The van der Waals surface area contributed by atoms with E-state index in [9.17, 15) is 28.8 Å². The number of likely N-dealkylation sites (N-methyl/N-ethyl adjacent to an activating group) is 1. The first-order chi connectivity index (χ1) is 34.3. The fourth-order valence-electron chi connectivity index (χ4n) is 11.0. The zero-order valence-electron chi connectivity index (χ0n) is 46.2. The van der Waals surface area contributed by atoms with Crippen LogP contribution in [0, 0.1) is 41.4 Å². The molecule has 1 aromatic rings. The number of hydroxylamine groups is 2. The van der Waals surface area contributed by atoms with Crippen LogP contribution in [-0.2, 0) is 49.6 Å². The van der Waals surface area contributed by atoms with Crippen molar-refractivity contribution in [1.29, 1.82) is 0 Å². The number of likely N-dealkylation sites (tertiary alicyclic amines) is 1. The van der Waals surface area contributed by atoms with Crippen molar-refractivity contribution in [1.82, 2.24) is 30.8 Å². The second-order valence-corrected chi connectivity index (χ2v) is 22.0.